The van der Waals surface area contributed by atoms with Crippen LogP contribution >= 0.6 is 0 Å². The topological polar surface area (TPSA) is 91.6 Å². The molecule has 0 spiro atoms. The van der Waals surface area contributed by atoms with Gasteiger partial charge in [-0.2, -0.15) is 0 Å². The predicted molar refractivity (Wildman–Crippen MR) is 71.5 cm³/mol. The highest BCUT2D eigenvalue weighted by Gasteiger charge is 2.36. The van der Waals surface area contributed by atoms with Crippen molar-refractivity contribution in [3.05, 3.63) is 28.6 Å². The molecule has 8 nitrogen and oxygen atoms in total. The van der Waals surface area contributed by atoms with Crippen LogP contribution in [0.2, 0.25) is 0 Å². The number of rotatable bonds is 2. The number of nitro groups is 1. The Balaban J connectivity index is 1.85. The molecule has 0 aliphatic carbocycles. The van der Waals surface area contributed by atoms with E-state index in [0.29, 0.717) is 25.3 Å². The second kappa shape index (κ2) is 5.04. The molecule has 0 saturated carbocycles. The largest absolute Gasteiger partial charge is 0.362 e. The molecule has 2 saturated heterocycles. The minimum Gasteiger partial charge on any atom is -0.362 e. The van der Waals surface area contributed by atoms with Gasteiger partial charge in [0.2, 0.25) is 5.91 Å². The molecule has 2 aliphatic heterocycles. The molecule has 1 N–H and O–H groups in total. The third-order valence-electron chi connectivity index (χ3n) is 3.81. The van der Waals surface area contributed by atoms with Gasteiger partial charge in [0, 0.05) is 38.9 Å². The fourth-order valence-electron chi connectivity index (χ4n) is 2.78. The molecular weight excluding hydrogens is 262 g/mol. The van der Waals surface area contributed by atoms with Crippen LogP contribution in [0.4, 0.5) is 11.4 Å². The molecule has 20 heavy (non-hydrogen) atoms. The van der Waals surface area contributed by atoms with Crippen LogP contribution in [0.1, 0.15) is 0 Å². The number of fused-ring (bicyclic) bond motifs is 1. The Bertz CT molecular complexity index is 550. The third kappa shape index (κ3) is 2.18. The van der Waals surface area contributed by atoms with Crippen LogP contribution < -0.4 is 10.2 Å². The zero-order chi connectivity index (χ0) is 14.1. The smallest absolute Gasteiger partial charge is 0.310 e. The Morgan fingerprint density at radius 2 is 2.25 bits per heavy atom. The van der Waals surface area contributed by atoms with Crippen molar-refractivity contribution in [1.82, 2.24) is 15.2 Å². The fourth-order valence-corrected chi connectivity index (χ4v) is 2.78. The highest BCUT2D eigenvalue weighted by molar-refractivity contribution is 5.83. The summed E-state index contributed by atoms with van der Waals surface area (Å²) in [5, 5.41) is 13.9. The van der Waals surface area contributed by atoms with Gasteiger partial charge in [-0.1, -0.05) is 0 Å². The number of hydrogen-bond acceptors (Lipinski definition) is 6. The number of amides is 1. The van der Waals surface area contributed by atoms with E-state index < -0.39 is 4.92 Å². The SMILES string of the molecule is O=C1NCCN2CCN(c3ccncc3[N+](=O)[O-])CC12. The molecule has 1 atom stereocenters. The van der Waals surface area contributed by atoms with Crippen molar-refractivity contribution >= 4 is 17.3 Å². The van der Waals surface area contributed by atoms with Gasteiger partial charge < -0.3 is 10.2 Å². The molecule has 1 aromatic heterocycles. The molecule has 3 heterocycles. The average Bonchev–Trinajstić information content (AvgIpc) is 2.47. The summed E-state index contributed by atoms with van der Waals surface area (Å²) in [6.45, 7) is 3.39. The Labute approximate surface area is 115 Å². The van der Waals surface area contributed by atoms with Gasteiger partial charge in [0.05, 0.1) is 4.92 Å². The lowest BCUT2D eigenvalue weighted by Crippen LogP contribution is -2.64. The highest BCUT2D eigenvalue weighted by atomic mass is 16.6. The minimum atomic E-state index is -0.435. The molecule has 0 aromatic carbocycles. The zero-order valence-corrected chi connectivity index (χ0v) is 10.9. The summed E-state index contributed by atoms with van der Waals surface area (Å²) in [6, 6.07) is 1.40. The van der Waals surface area contributed by atoms with Gasteiger partial charge in [-0.05, 0) is 6.07 Å². The number of anilines is 1. The zero-order valence-electron chi connectivity index (χ0n) is 10.9. The molecule has 3 rings (SSSR count). The summed E-state index contributed by atoms with van der Waals surface area (Å²) in [5.41, 5.74) is 0.514. The van der Waals surface area contributed by atoms with Crippen molar-refractivity contribution in [2.45, 2.75) is 6.04 Å². The minimum absolute atomic E-state index is 0.00217. The number of pyridine rings is 1. The summed E-state index contributed by atoms with van der Waals surface area (Å²) < 4.78 is 0. The summed E-state index contributed by atoms with van der Waals surface area (Å²) in [5.74, 6) is -0.00217. The number of nitrogens with one attached hydrogen (secondary N) is 1. The van der Waals surface area contributed by atoms with Gasteiger partial charge in [-0.3, -0.25) is 24.8 Å². The van der Waals surface area contributed by atoms with E-state index in [4.69, 9.17) is 0 Å². The first kappa shape index (κ1) is 12.8. The van der Waals surface area contributed by atoms with E-state index in [-0.39, 0.29) is 17.6 Å². The van der Waals surface area contributed by atoms with Crippen LogP contribution in [0.3, 0.4) is 0 Å². The monoisotopic (exact) mass is 277 g/mol. The van der Waals surface area contributed by atoms with Gasteiger partial charge in [0.25, 0.3) is 0 Å². The number of carbonyl (C=O) groups excluding carboxylic acids is 1. The number of nitrogens with zero attached hydrogens (tertiary/aromatic N) is 4. The average molecular weight is 277 g/mol. The Hall–Kier alpha value is -2.22. The standard InChI is InChI=1S/C12H15N5O3/c18-12-11-8-16(6-5-15(11)4-3-14-12)9-1-2-13-7-10(9)17(19)20/h1-2,7,11H,3-6,8H2,(H,14,18). The number of aromatic nitrogens is 1. The molecule has 1 amide bonds. The van der Waals surface area contributed by atoms with Crippen LogP contribution in [0.25, 0.3) is 0 Å². The molecule has 0 radical (unpaired) electrons. The van der Waals surface area contributed by atoms with Gasteiger partial charge in [-0.15, -0.1) is 0 Å². The number of carbonyl (C=O) groups is 1. The van der Waals surface area contributed by atoms with Gasteiger partial charge in [0.15, 0.2) is 0 Å². The van der Waals surface area contributed by atoms with E-state index >= 15 is 0 Å². The van der Waals surface area contributed by atoms with Crippen molar-refractivity contribution in [3.63, 3.8) is 0 Å². The first-order valence-electron chi connectivity index (χ1n) is 6.52. The van der Waals surface area contributed by atoms with Crippen molar-refractivity contribution < 1.29 is 9.72 Å². The van der Waals surface area contributed by atoms with Crippen LogP contribution in [-0.4, -0.2) is 59.5 Å². The van der Waals surface area contributed by atoms with E-state index in [1.165, 1.54) is 12.4 Å². The molecule has 0 bridgehead atoms. The maximum atomic E-state index is 11.9. The number of hydrogen-bond donors (Lipinski definition) is 1. The van der Waals surface area contributed by atoms with E-state index in [9.17, 15) is 14.9 Å². The predicted octanol–water partition coefficient (Wildman–Crippen LogP) is -0.390. The number of piperazine rings is 2. The van der Waals surface area contributed by atoms with Crippen molar-refractivity contribution in [3.8, 4) is 0 Å². The van der Waals surface area contributed by atoms with Crippen molar-refractivity contribution in [2.24, 2.45) is 0 Å². The maximum absolute atomic E-state index is 11.9. The fraction of sp³-hybridized carbons (Fsp3) is 0.500. The van der Waals surface area contributed by atoms with Gasteiger partial charge in [0.1, 0.15) is 17.9 Å². The summed E-state index contributed by atoms with van der Waals surface area (Å²) >= 11 is 0. The van der Waals surface area contributed by atoms with Gasteiger partial charge in [-0.25, -0.2) is 0 Å². The summed E-state index contributed by atoms with van der Waals surface area (Å²) in [7, 11) is 0. The lowest BCUT2D eigenvalue weighted by Gasteiger charge is -2.43. The molecular formula is C12H15N5O3. The molecule has 106 valence electrons. The maximum Gasteiger partial charge on any atom is 0.310 e. The lowest BCUT2D eigenvalue weighted by atomic mass is 10.1. The normalized spacial score (nSPS) is 23.1. The highest BCUT2D eigenvalue weighted by Crippen LogP contribution is 2.28. The van der Waals surface area contributed by atoms with Crippen molar-refractivity contribution in [1.29, 1.82) is 0 Å². The molecule has 8 heteroatoms. The van der Waals surface area contributed by atoms with Crippen LogP contribution in [0.15, 0.2) is 18.5 Å². The van der Waals surface area contributed by atoms with E-state index in [0.717, 1.165) is 13.1 Å². The van der Waals surface area contributed by atoms with Crippen LogP contribution in [0.5, 0.6) is 0 Å². The van der Waals surface area contributed by atoms with E-state index in [1.807, 2.05) is 4.90 Å². The molecule has 2 aliphatic rings. The van der Waals surface area contributed by atoms with Crippen molar-refractivity contribution in [2.75, 3.05) is 37.6 Å². The second-order valence-corrected chi connectivity index (χ2v) is 4.91. The molecule has 2 fully saturated rings. The van der Waals surface area contributed by atoms with E-state index in [1.54, 1.807) is 6.07 Å². The Kier molecular flexibility index (Phi) is 3.23. The Morgan fingerprint density at radius 1 is 1.40 bits per heavy atom. The quantitative estimate of drug-likeness (QED) is 0.585. The summed E-state index contributed by atoms with van der Waals surface area (Å²) in [4.78, 5) is 30.3. The van der Waals surface area contributed by atoms with E-state index in [2.05, 4.69) is 15.2 Å². The Morgan fingerprint density at radius 3 is 3.05 bits per heavy atom. The van der Waals surface area contributed by atoms with Crippen LogP contribution in [0, 0.1) is 10.1 Å². The van der Waals surface area contributed by atoms with Gasteiger partial charge >= 0.3 is 5.69 Å². The summed E-state index contributed by atoms with van der Waals surface area (Å²) in [6.07, 6.45) is 2.79. The molecule has 1 aromatic rings. The lowest BCUT2D eigenvalue weighted by molar-refractivity contribution is -0.384. The first-order chi connectivity index (χ1) is 9.66. The first-order valence-corrected chi connectivity index (χ1v) is 6.52. The van der Waals surface area contributed by atoms with Crippen LogP contribution in [-0.2, 0) is 4.79 Å². The molecule has 1 unspecified atom stereocenters. The second-order valence-electron chi connectivity index (χ2n) is 4.91. The third-order valence-corrected chi connectivity index (χ3v) is 3.81.